The van der Waals surface area contributed by atoms with Crippen LogP contribution in [0.1, 0.15) is 23.6 Å². The highest BCUT2D eigenvalue weighted by Gasteiger charge is 2.20. The maximum Gasteiger partial charge on any atom is 0.126 e. The highest BCUT2D eigenvalue weighted by molar-refractivity contribution is 5.45. The molecule has 0 radical (unpaired) electrons. The number of aromatic nitrogens is 1. The predicted octanol–water partition coefficient (Wildman–Crippen LogP) is 2.89. The standard InChI is InChI=1S/C15H13N3O/c16-9-11-5-6-15(17-10-11)18-13-7-8-19-14-4-2-1-3-12(13)14/h1-6,10,13H,7-8H2,(H,17,18)/t13-/m1/s1. The van der Waals surface area contributed by atoms with Crippen molar-refractivity contribution in [2.45, 2.75) is 12.5 Å². The van der Waals surface area contributed by atoms with Crippen molar-refractivity contribution >= 4 is 5.82 Å². The summed E-state index contributed by atoms with van der Waals surface area (Å²) >= 11 is 0. The van der Waals surface area contributed by atoms with Crippen molar-refractivity contribution in [3.63, 3.8) is 0 Å². The molecule has 0 fully saturated rings. The van der Waals surface area contributed by atoms with Crippen molar-refractivity contribution in [3.8, 4) is 11.8 Å². The molecule has 4 nitrogen and oxygen atoms in total. The number of nitriles is 1. The van der Waals surface area contributed by atoms with Gasteiger partial charge in [0.1, 0.15) is 17.6 Å². The van der Waals surface area contributed by atoms with E-state index in [0.717, 1.165) is 23.6 Å². The number of hydrogen-bond acceptors (Lipinski definition) is 4. The Bertz CT molecular complexity index is 616. The van der Waals surface area contributed by atoms with Crippen LogP contribution in [0.4, 0.5) is 5.82 Å². The normalized spacial score (nSPS) is 16.9. The smallest absolute Gasteiger partial charge is 0.126 e. The molecule has 2 aromatic rings. The lowest BCUT2D eigenvalue weighted by atomic mass is 10.0. The Balaban J connectivity index is 1.82. The molecular formula is C15H13N3O. The van der Waals surface area contributed by atoms with E-state index in [4.69, 9.17) is 10.00 Å². The van der Waals surface area contributed by atoms with Gasteiger partial charge >= 0.3 is 0 Å². The first kappa shape index (κ1) is 11.5. The van der Waals surface area contributed by atoms with Crippen molar-refractivity contribution in [1.29, 1.82) is 5.26 Å². The lowest BCUT2D eigenvalue weighted by Gasteiger charge is -2.26. The number of pyridine rings is 1. The quantitative estimate of drug-likeness (QED) is 0.891. The summed E-state index contributed by atoms with van der Waals surface area (Å²) in [5, 5.41) is 12.1. The van der Waals surface area contributed by atoms with E-state index < -0.39 is 0 Å². The molecule has 0 spiro atoms. The van der Waals surface area contributed by atoms with Crippen LogP contribution in [-0.2, 0) is 0 Å². The maximum atomic E-state index is 8.75. The molecule has 3 rings (SSSR count). The summed E-state index contributed by atoms with van der Waals surface area (Å²) in [4.78, 5) is 4.24. The van der Waals surface area contributed by atoms with Gasteiger partial charge in [-0.05, 0) is 18.2 Å². The summed E-state index contributed by atoms with van der Waals surface area (Å²) < 4.78 is 5.62. The van der Waals surface area contributed by atoms with Crippen LogP contribution in [0.2, 0.25) is 0 Å². The second-order valence-electron chi connectivity index (χ2n) is 4.42. The van der Waals surface area contributed by atoms with Crippen LogP contribution in [0.15, 0.2) is 42.6 Å². The Morgan fingerprint density at radius 2 is 2.16 bits per heavy atom. The van der Waals surface area contributed by atoms with Gasteiger partial charge in [0.25, 0.3) is 0 Å². The summed E-state index contributed by atoms with van der Waals surface area (Å²) in [6.07, 6.45) is 2.48. The molecule has 19 heavy (non-hydrogen) atoms. The molecule has 1 N–H and O–H groups in total. The minimum Gasteiger partial charge on any atom is -0.493 e. The number of fused-ring (bicyclic) bond motifs is 1. The van der Waals surface area contributed by atoms with Gasteiger partial charge in [-0.15, -0.1) is 0 Å². The molecule has 94 valence electrons. The second-order valence-corrected chi connectivity index (χ2v) is 4.42. The molecule has 0 saturated carbocycles. The van der Waals surface area contributed by atoms with E-state index in [1.54, 1.807) is 12.3 Å². The maximum absolute atomic E-state index is 8.75. The molecule has 1 aromatic heterocycles. The van der Waals surface area contributed by atoms with Gasteiger partial charge in [0.05, 0.1) is 18.2 Å². The number of anilines is 1. The molecular weight excluding hydrogens is 238 g/mol. The minimum absolute atomic E-state index is 0.199. The van der Waals surface area contributed by atoms with Crippen LogP contribution in [0.3, 0.4) is 0 Å². The van der Waals surface area contributed by atoms with Crippen LogP contribution >= 0.6 is 0 Å². The molecule has 0 saturated heterocycles. The molecule has 1 aliphatic rings. The molecule has 0 unspecified atom stereocenters. The van der Waals surface area contributed by atoms with E-state index in [1.807, 2.05) is 24.3 Å². The summed E-state index contributed by atoms with van der Waals surface area (Å²) in [7, 11) is 0. The highest BCUT2D eigenvalue weighted by atomic mass is 16.5. The second kappa shape index (κ2) is 4.99. The van der Waals surface area contributed by atoms with Crippen molar-refractivity contribution < 1.29 is 4.74 Å². The Morgan fingerprint density at radius 3 is 2.95 bits per heavy atom. The zero-order valence-electron chi connectivity index (χ0n) is 10.3. The number of hydrogen-bond donors (Lipinski definition) is 1. The van der Waals surface area contributed by atoms with Crippen LogP contribution < -0.4 is 10.1 Å². The van der Waals surface area contributed by atoms with Crippen molar-refractivity contribution in [1.82, 2.24) is 4.98 Å². The Labute approximate surface area is 111 Å². The zero-order valence-corrected chi connectivity index (χ0v) is 10.3. The van der Waals surface area contributed by atoms with Crippen molar-refractivity contribution in [2.24, 2.45) is 0 Å². The zero-order chi connectivity index (χ0) is 13.1. The largest absolute Gasteiger partial charge is 0.493 e. The third-order valence-electron chi connectivity index (χ3n) is 3.17. The Hall–Kier alpha value is -2.54. The van der Waals surface area contributed by atoms with E-state index in [9.17, 15) is 0 Å². The number of benzene rings is 1. The average Bonchev–Trinajstić information content (AvgIpc) is 2.48. The van der Waals surface area contributed by atoms with Gasteiger partial charge in [0.2, 0.25) is 0 Å². The number of rotatable bonds is 2. The SMILES string of the molecule is N#Cc1ccc(N[C@@H]2CCOc3ccccc32)nc1. The molecule has 1 aromatic carbocycles. The lowest BCUT2D eigenvalue weighted by molar-refractivity contribution is 0.274. The van der Waals surface area contributed by atoms with Gasteiger partial charge in [-0.25, -0.2) is 4.98 Å². The first-order chi connectivity index (χ1) is 9.36. The number of nitrogens with zero attached hydrogens (tertiary/aromatic N) is 2. The third-order valence-corrected chi connectivity index (χ3v) is 3.17. The van der Waals surface area contributed by atoms with Gasteiger partial charge in [-0.3, -0.25) is 0 Å². The fourth-order valence-corrected chi connectivity index (χ4v) is 2.22. The van der Waals surface area contributed by atoms with Crippen LogP contribution in [0.25, 0.3) is 0 Å². The molecule has 2 heterocycles. The average molecular weight is 251 g/mol. The predicted molar refractivity (Wildman–Crippen MR) is 71.9 cm³/mol. The number of ether oxygens (including phenoxy) is 1. The molecule has 1 aliphatic heterocycles. The van der Waals surface area contributed by atoms with Crippen molar-refractivity contribution in [3.05, 3.63) is 53.7 Å². The fourth-order valence-electron chi connectivity index (χ4n) is 2.22. The lowest BCUT2D eigenvalue weighted by Crippen LogP contribution is -2.20. The molecule has 0 aliphatic carbocycles. The third kappa shape index (κ3) is 2.36. The van der Waals surface area contributed by atoms with Crippen LogP contribution in [0, 0.1) is 11.3 Å². The van der Waals surface area contributed by atoms with Gasteiger partial charge < -0.3 is 10.1 Å². The van der Waals surface area contributed by atoms with Crippen LogP contribution in [0.5, 0.6) is 5.75 Å². The minimum atomic E-state index is 0.199. The van der Waals surface area contributed by atoms with E-state index in [1.165, 1.54) is 0 Å². The van der Waals surface area contributed by atoms with Gasteiger partial charge in [0, 0.05) is 18.2 Å². The molecule has 0 amide bonds. The van der Waals surface area contributed by atoms with E-state index in [-0.39, 0.29) is 6.04 Å². The van der Waals surface area contributed by atoms with E-state index >= 15 is 0 Å². The highest BCUT2D eigenvalue weighted by Crippen LogP contribution is 2.33. The Kier molecular flexibility index (Phi) is 3.03. The monoisotopic (exact) mass is 251 g/mol. The van der Waals surface area contributed by atoms with Gasteiger partial charge in [0.15, 0.2) is 0 Å². The van der Waals surface area contributed by atoms with Crippen LogP contribution in [-0.4, -0.2) is 11.6 Å². The summed E-state index contributed by atoms with van der Waals surface area (Å²) in [6.45, 7) is 0.699. The first-order valence-electron chi connectivity index (χ1n) is 6.21. The summed E-state index contributed by atoms with van der Waals surface area (Å²) in [5.74, 6) is 1.71. The topological polar surface area (TPSA) is 57.9 Å². The van der Waals surface area contributed by atoms with Crippen molar-refractivity contribution in [2.75, 3.05) is 11.9 Å². The van der Waals surface area contributed by atoms with E-state index in [0.29, 0.717) is 12.2 Å². The van der Waals surface area contributed by atoms with Gasteiger partial charge in [-0.1, -0.05) is 18.2 Å². The first-order valence-corrected chi connectivity index (χ1v) is 6.21. The molecule has 1 atom stereocenters. The fraction of sp³-hybridized carbons (Fsp3) is 0.200. The molecule has 0 bridgehead atoms. The van der Waals surface area contributed by atoms with E-state index in [2.05, 4.69) is 22.4 Å². The summed E-state index contributed by atoms with van der Waals surface area (Å²) in [6, 6.07) is 13.9. The summed E-state index contributed by atoms with van der Waals surface area (Å²) in [5.41, 5.74) is 1.72. The molecule has 4 heteroatoms. The number of nitrogens with one attached hydrogen (secondary N) is 1. The van der Waals surface area contributed by atoms with Gasteiger partial charge in [-0.2, -0.15) is 5.26 Å². The Morgan fingerprint density at radius 1 is 1.26 bits per heavy atom. The number of para-hydroxylation sites is 1.